The molecular formula is C13H14Cl2N2O3. The van der Waals surface area contributed by atoms with Gasteiger partial charge in [-0.1, -0.05) is 29.3 Å². The molecule has 1 fully saturated rings. The van der Waals surface area contributed by atoms with Gasteiger partial charge in [-0.05, 0) is 24.5 Å². The number of nitro benzene ring substituents is 1. The van der Waals surface area contributed by atoms with Crippen molar-refractivity contribution in [2.45, 2.75) is 25.4 Å². The van der Waals surface area contributed by atoms with Crippen LogP contribution in [0.2, 0.25) is 0 Å². The van der Waals surface area contributed by atoms with Crippen molar-refractivity contribution in [3.05, 3.63) is 44.4 Å². The highest BCUT2D eigenvalue weighted by Crippen LogP contribution is 2.29. The molecule has 0 unspecified atom stereocenters. The van der Waals surface area contributed by atoms with Gasteiger partial charge >= 0.3 is 5.69 Å². The minimum Gasteiger partial charge on any atom is -0.481 e. The van der Waals surface area contributed by atoms with Crippen molar-refractivity contribution in [2.24, 2.45) is 0 Å². The third kappa shape index (κ3) is 4.37. The van der Waals surface area contributed by atoms with Crippen molar-refractivity contribution in [1.29, 1.82) is 0 Å². The molecule has 7 heteroatoms. The van der Waals surface area contributed by atoms with E-state index in [9.17, 15) is 10.1 Å². The monoisotopic (exact) mass is 316 g/mol. The second-order valence-corrected chi connectivity index (χ2v) is 5.26. The van der Waals surface area contributed by atoms with Crippen molar-refractivity contribution in [2.75, 3.05) is 6.61 Å². The molecule has 0 radical (unpaired) electrons. The molecular weight excluding hydrogens is 303 g/mol. The Bertz CT molecular complexity index is 530. The number of nitrogens with zero attached hydrogens (tertiary/aromatic N) is 1. The maximum absolute atomic E-state index is 11.1. The third-order valence-electron chi connectivity index (χ3n) is 2.88. The zero-order chi connectivity index (χ0) is 14.5. The fourth-order valence-corrected chi connectivity index (χ4v) is 1.78. The van der Waals surface area contributed by atoms with Crippen LogP contribution in [0.15, 0.2) is 28.8 Å². The summed E-state index contributed by atoms with van der Waals surface area (Å²) in [5.74, 6) is 0.182. The first-order valence-corrected chi connectivity index (χ1v) is 7.00. The summed E-state index contributed by atoms with van der Waals surface area (Å²) in [5, 5.41) is 14.7. The summed E-state index contributed by atoms with van der Waals surface area (Å²) >= 11 is 11.1. The standard InChI is InChI=1S/C13H14Cl2N2O3/c14-6-10(15)8-20-13-4-1-9(5-12(13)17(18)19)7-16-11-2-3-11/h1,4-6,11,16H,2-3,7-8H2. The third-order valence-corrected chi connectivity index (χ3v) is 3.47. The minimum absolute atomic E-state index is 0.00552. The van der Waals surface area contributed by atoms with Crippen LogP contribution < -0.4 is 10.1 Å². The summed E-state index contributed by atoms with van der Waals surface area (Å²) < 4.78 is 5.30. The first-order valence-electron chi connectivity index (χ1n) is 6.18. The molecule has 0 atom stereocenters. The SMILES string of the molecule is O=[N+]([O-])c1cc(CNC2CC2)ccc1OCC(Cl)=CCl. The molecule has 0 amide bonds. The van der Waals surface area contributed by atoms with E-state index in [4.69, 9.17) is 27.9 Å². The summed E-state index contributed by atoms with van der Waals surface area (Å²) in [6.45, 7) is 0.625. The summed E-state index contributed by atoms with van der Waals surface area (Å²) in [4.78, 5) is 10.6. The quantitative estimate of drug-likeness (QED) is 0.617. The fraction of sp³-hybridized carbons (Fsp3) is 0.385. The van der Waals surface area contributed by atoms with Crippen molar-refractivity contribution in [1.82, 2.24) is 5.32 Å². The molecule has 0 spiro atoms. The Kier molecular flexibility index (Phi) is 5.23. The van der Waals surface area contributed by atoms with Crippen LogP contribution in [0.25, 0.3) is 0 Å². The number of hydrogen-bond acceptors (Lipinski definition) is 4. The Morgan fingerprint density at radius 1 is 1.55 bits per heavy atom. The zero-order valence-corrected chi connectivity index (χ0v) is 12.2. The number of hydrogen-bond donors (Lipinski definition) is 1. The molecule has 20 heavy (non-hydrogen) atoms. The van der Waals surface area contributed by atoms with Gasteiger partial charge in [-0.15, -0.1) is 0 Å². The second kappa shape index (κ2) is 6.92. The van der Waals surface area contributed by atoms with Gasteiger partial charge in [-0.3, -0.25) is 10.1 Å². The van der Waals surface area contributed by atoms with E-state index in [1.54, 1.807) is 12.1 Å². The largest absolute Gasteiger partial charge is 0.481 e. The first-order chi connectivity index (χ1) is 9.60. The van der Waals surface area contributed by atoms with Gasteiger partial charge in [0.05, 0.1) is 9.96 Å². The van der Waals surface area contributed by atoms with Gasteiger partial charge in [0.2, 0.25) is 0 Å². The Hall–Kier alpha value is -1.30. The van der Waals surface area contributed by atoms with E-state index in [-0.39, 0.29) is 23.1 Å². The lowest BCUT2D eigenvalue weighted by atomic mass is 10.2. The lowest BCUT2D eigenvalue weighted by Gasteiger charge is -2.08. The van der Waals surface area contributed by atoms with Gasteiger partial charge in [0.15, 0.2) is 5.75 Å². The van der Waals surface area contributed by atoms with E-state index in [0.717, 1.165) is 5.56 Å². The summed E-state index contributed by atoms with van der Waals surface area (Å²) in [7, 11) is 0. The van der Waals surface area contributed by atoms with Crippen LogP contribution in [0.5, 0.6) is 5.75 Å². The van der Waals surface area contributed by atoms with Crippen LogP contribution in [0, 0.1) is 10.1 Å². The van der Waals surface area contributed by atoms with Gasteiger partial charge in [0.1, 0.15) is 6.61 Å². The number of rotatable bonds is 7. The van der Waals surface area contributed by atoms with E-state index in [1.807, 2.05) is 0 Å². The van der Waals surface area contributed by atoms with Crippen molar-refractivity contribution >= 4 is 28.9 Å². The number of nitrogens with one attached hydrogen (secondary N) is 1. The number of ether oxygens (including phenoxy) is 1. The average Bonchev–Trinajstić information content (AvgIpc) is 3.26. The van der Waals surface area contributed by atoms with Crippen molar-refractivity contribution < 1.29 is 9.66 Å². The van der Waals surface area contributed by atoms with Crippen LogP contribution in [0.4, 0.5) is 5.69 Å². The van der Waals surface area contributed by atoms with Gasteiger partial charge in [0.25, 0.3) is 0 Å². The van der Waals surface area contributed by atoms with E-state index in [2.05, 4.69) is 5.32 Å². The van der Waals surface area contributed by atoms with E-state index >= 15 is 0 Å². The maximum atomic E-state index is 11.1. The van der Waals surface area contributed by atoms with Gasteiger partial charge in [0, 0.05) is 24.2 Å². The molecule has 1 aromatic rings. The Morgan fingerprint density at radius 2 is 2.30 bits per heavy atom. The minimum atomic E-state index is -0.464. The van der Waals surface area contributed by atoms with E-state index in [1.165, 1.54) is 24.4 Å². The van der Waals surface area contributed by atoms with Gasteiger partial charge < -0.3 is 10.1 Å². The van der Waals surface area contributed by atoms with E-state index in [0.29, 0.717) is 12.6 Å². The molecule has 0 bridgehead atoms. The second-order valence-electron chi connectivity index (χ2n) is 4.56. The number of halogens is 2. The molecule has 108 valence electrons. The van der Waals surface area contributed by atoms with Crippen molar-refractivity contribution in [3.63, 3.8) is 0 Å². The Balaban J connectivity index is 2.07. The van der Waals surface area contributed by atoms with Crippen LogP contribution in [0.1, 0.15) is 18.4 Å². The average molecular weight is 317 g/mol. The zero-order valence-electron chi connectivity index (χ0n) is 10.6. The molecule has 0 aliphatic heterocycles. The predicted molar refractivity (Wildman–Crippen MR) is 78.2 cm³/mol. The molecule has 0 heterocycles. The van der Waals surface area contributed by atoms with Crippen LogP contribution in [0.3, 0.4) is 0 Å². The first kappa shape index (κ1) is 15.1. The molecule has 1 aliphatic rings. The summed E-state index contributed by atoms with van der Waals surface area (Å²) in [6.07, 6.45) is 2.35. The predicted octanol–water partition coefficient (Wildman–Crippen LogP) is 3.54. The molecule has 0 aromatic heterocycles. The van der Waals surface area contributed by atoms with Gasteiger partial charge in [-0.2, -0.15) is 0 Å². The maximum Gasteiger partial charge on any atom is 0.311 e. The number of nitro groups is 1. The van der Waals surface area contributed by atoms with Crippen LogP contribution in [-0.2, 0) is 6.54 Å². The Labute approximate surface area is 126 Å². The molecule has 1 N–H and O–H groups in total. The molecule has 5 nitrogen and oxygen atoms in total. The van der Waals surface area contributed by atoms with E-state index < -0.39 is 4.92 Å². The summed E-state index contributed by atoms with van der Waals surface area (Å²) in [6, 6.07) is 5.46. The summed E-state index contributed by atoms with van der Waals surface area (Å²) in [5.41, 5.74) is 1.95. The molecule has 0 saturated heterocycles. The topological polar surface area (TPSA) is 64.4 Å². The fourth-order valence-electron chi connectivity index (χ4n) is 1.67. The van der Waals surface area contributed by atoms with Crippen LogP contribution >= 0.6 is 23.2 Å². The highest BCUT2D eigenvalue weighted by Gasteiger charge is 2.21. The van der Waals surface area contributed by atoms with Gasteiger partial charge in [-0.25, -0.2) is 0 Å². The lowest BCUT2D eigenvalue weighted by molar-refractivity contribution is -0.385. The highest BCUT2D eigenvalue weighted by atomic mass is 35.5. The molecule has 2 rings (SSSR count). The molecule has 1 saturated carbocycles. The molecule has 1 aromatic carbocycles. The highest BCUT2D eigenvalue weighted by molar-refractivity contribution is 6.36. The number of benzene rings is 1. The van der Waals surface area contributed by atoms with Crippen molar-refractivity contribution in [3.8, 4) is 5.75 Å². The smallest absolute Gasteiger partial charge is 0.311 e. The van der Waals surface area contributed by atoms with Crippen LogP contribution in [-0.4, -0.2) is 17.6 Å². The lowest BCUT2D eigenvalue weighted by Crippen LogP contribution is -2.15. The Morgan fingerprint density at radius 3 is 2.90 bits per heavy atom. The normalized spacial score (nSPS) is 15.2. The molecule has 1 aliphatic carbocycles.